The second-order valence-corrected chi connectivity index (χ2v) is 7.97. The second kappa shape index (κ2) is 16.4. The van der Waals surface area contributed by atoms with Crippen molar-refractivity contribution in [3.05, 3.63) is 12.2 Å². The Morgan fingerprint density at radius 2 is 1.50 bits per heavy atom. The number of amides is 1. The average Bonchev–Trinajstić information content (AvgIpc) is 2.64. The van der Waals surface area contributed by atoms with Crippen LogP contribution in [0.3, 0.4) is 0 Å². The quantitative estimate of drug-likeness (QED) is 0.285. The molecule has 0 bridgehead atoms. The van der Waals surface area contributed by atoms with Gasteiger partial charge in [0.2, 0.25) is 5.91 Å². The summed E-state index contributed by atoms with van der Waals surface area (Å²) < 4.78 is 0. The van der Waals surface area contributed by atoms with Crippen molar-refractivity contribution >= 4 is 5.91 Å². The predicted molar refractivity (Wildman–Crippen MR) is 111 cm³/mol. The van der Waals surface area contributed by atoms with Crippen LogP contribution in [-0.4, -0.2) is 35.1 Å². The van der Waals surface area contributed by atoms with E-state index in [1.54, 1.807) is 0 Å². The van der Waals surface area contributed by atoms with Crippen LogP contribution >= 0.6 is 0 Å². The molecule has 26 heavy (non-hydrogen) atoms. The maximum Gasteiger partial charge on any atom is 0.222 e. The van der Waals surface area contributed by atoms with Crippen molar-refractivity contribution in [2.75, 3.05) is 13.1 Å². The highest BCUT2D eigenvalue weighted by Gasteiger charge is 2.21. The lowest BCUT2D eigenvalue weighted by molar-refractivity contribution is -0.134. The number of piperidine rings is 1. The summed E-state index contributed by atoms with van der Waals surface area (Å²) in [5.41, 5.74) is 0. The van der Waals surface area contributed by atoms with Crippen molar-refractivity contribution in [2.24, 2.45) is 0 Å². The molecule has 1 amide bonds. The number of unbranched alkanes of at least 4 members (excludes halogenated alkanes) is 11. The molecule has 0 radical (unpaired) electrons. The highest BCUT2D eigenvalue weighted by Crippen LogP contribution is 2.14. The van der Waals surface area contributed by atoms with Gasteiger partial charge in [-0.15, -0.1) is 0 Å². The summed E-state index contributed by atoms with van der Waals surface area (Å²) in [6.45, 7) is 3.65. The summed E-state index contributed by atoms with van der Waals surface area (Å²) in [7, 11) is 0. The minimum Gasteiger partial charge on any atom is -0.391 e. The third kappa shape index (κ3) is 12.5. The van der Waals surface area contributed by atoms with Crippen molar-refractivity contribution in [1.29, 1.82) is 0 Å². The zero-order chi connectivity index (χ0) is 18.9. The molecule has 1 unspecified atom stereocenters. The lowest BCUT2D eigenvalue weighted by Gasteiger charge is -2.30. The first kappa shape index (κ1) is 23.2. The third-order valence-electron chi connectivity index (χ3n) is 5.40. The van der Waals surface area contributed by atoms with E-state index in [0.29, 0.717) is 13.0 Å². The van der Waals surface area contributed by atoms with Crippen LogP contribution in [0.25, 0.3) is 0 Å². The SMILES string of the molecule is CCCCCCCCC=CCCCCCCCC(=O)N1CCCC(O)C1. The van der Waals surface area contributed by atoms with E-state index in [1.807, 2.05) is 4.90 Å². The molecule has 0 aromatic carbocycles. The van der Waals surface area contributed by atoms with Gasteiger partial charge >= 0.3 is 0 Å². The first-order valence-electron chi connectivity index (χ1n) is 11.3. The molecule has 1 heterocycles. The van der Waals surface area contributed by atoms with Crippen molar-refractivity contribution in [1.82, 2.24) is 4.90 Å². The summed E-state index contributed by atoms with van der Waals surface area (Å²) in [6, 6.07) is 0. The number of likely N-dealkylation sites (tertiary alicyclic amines) is 1. The van der Waals surface area contributed by atoms with Gasteiger partial charge in [0.15, 0.2) is 0 Å². The molecular weight excluding hydrogens is 322 g/mol. The summed E-state index contributed by atoms with van der Waals surface area (Å²) in [4.78, 5) is 13.9. The second-order valence-electron chi connectivity index (χ2n) is 7.97. The van der Waals surface area contributed by atoms with E-state index >= 15 is 0 Å². The lowest BCUT2D eigenvalue weighted by atomic mass is 10.1. The van der Waals surface area contributed by atoms with E-state index in [4.69, 9.17) is 0 Å². The van der Waals surface area contributed by atoms with Gasteiger partial charge in [-0.2, -0.15) is 0 Å². The van der Waals surface area contributed by atoms with Crippen molar-refractivity contribution in [2.45, 2.75) is 116 Å². The smallest absolute Gasteiger partial charge is 0.222 e. The van der Waals surface area contributed by atoms with Crippen LogP contribution < -0.4 is 0 Å². The van der Waals surface area contributed by atoms with Crippen molar-refractivity contribution < 1.29 is 9.90 Å². The molecule has 1 saturated heterocycles. The number of hydrogen-bond donors (Lipinski definition) is 1. The molecule has 3 heteroatoms. The van der Waals surface area contributed by atoms with Gasteiger partial charge in [0.05, 0.1) is 6.10 Å². The Balaban J connectivity index is 1.83. The summed E-state index contributed by atoms with van der Waals surface area (Å²) >= 11 is 0. The lowest BCUT2D eigenvalue weighted by Crippen LogP contribution is -2.42. The van der Waals surface area contributed by atoms with Crippen molar-refractivity contribution in [3.63, 3.8) is 0 Å². The maximum absolute atomic E-state index is 12.1. The fourth-order valence-corrected chi connectivity index (χ4v) is 3.69. The molecule has 0 spiro atoms. The maximum atomic E-state index is 12.1. The largest absolute Gasteiger partial charge is 0.391 e. The molecule has 3 nitrogen and oxygen atoms in total. The predicted octanol–water partition coefficient (Wildman–Crippen LogP) is 6.01. The molecule has 0 aromatic rings. The topological polar surface area (TPSA) is 40.5 Å². The molecule has 1 aliphatic heterocycles. The minimum atomic E-state index is -0.304. The number of carbonyl (C=O) groups excluding carboxylic acids is 1. The summed E-state index contributed by atoms with van der Waals surface area (Å²) in [5.74, 6) is 0.237. The van der Waals surface area contributed by atoms with E-state index in [1.165, 1.54) is 70.6 Å². The standard InChI is InChI=1S/C23H43NO2/c1-2-3-4-5-6-7-8-9-10-11-12-13-14-15-16-19-23(26)24-20-17-18-22(25)21-24/h9-10,22,25H,2-8,11-21H2,1H3. The van der Waals surface area contributed by atoms with E-state index in [0.717, 1.165) is 32.2 Å². The van der Waals surface area contributed by atoms with Crippen LogP contribution in [0.4, 0.5) is 0 Å². The fourth-order valence-electron chi connectivity index (χ4n) is 3.69. The van der Waals surface area contributed by atoms with Gasteiger partial charge in [0.1, 0.15) is 0 Å². The monoisotopic (exact) mass is 365 g/mol. The molecule has 1 N–H and O–H groups in total. The van der Waals surface area contributed by atoms with E-state index in [2.05, 4.69) is 19.1 Å². The van der Waals surface area contributed by atoms with Gasteiger partial charge in [-0.25, -0.2) is 0 Å². The van der Waals surface area contributed by atoms with Gasteiger partial charge in [-0.1, -0.05) is 70.4 Å². The molecule has 0 aromatic heterocycles. The van der Waals surface area contributed by atoms with Crippen LogP contribution in [0.2, 0.25) is 0 Å². The Hall–Kier alpha value is -0.830. The number of carbonyl (C=O) groups is 1. The number of aliphatic hydroxyl groups is 1. The van der Waals surface area contributed by atoms with Gasteiger partial charge in [-0.3, -0.25) is 4.79 Å². The Bertz CT molecular complexity index is 367. The van der Waals surface area contributed by atoms with Crippen LogP contribution in [0.5, 0.6) is 0 Å². The Morgan fingerprint density at radius 1 is 0.923 bits per heavy atom. The van der Waals surface area contributed by atoms with E-state index in [-0.39, 0.29) is 12.0 Å². The van der Waals surface area contributed by atoms with Crippen LogP contribution in [-0.2, 0) is 4.79 Å². The molecule has 1 rings (SSSR count). The van der Waals surface area contributed by atoms with Crippen LogP contribution in [0.15, 0.2) is 12.2 Å². The Labute approximate surface area is 162 Å². The molecule has 152 valence electrons. The number of nitrogens with zero attached hydrogens (tertiary/aromatic N) is 1. The van der Waals surface area contributed by atoms with Gasteiger partial charge in [0, 0.05) is 19.5 Å². The molecule has 0 saturated carbocycles. The highest BCUT2D eigenvalue weighted by molar-refractivity contribution is 5.76. The first-order chi connectivity index (χ1) is 12.7. The molecular formula is C23H43NO2. The zero-order valence-corrected chi connectivity index (χ0v) is 17.3. The van der Waals surface area contributed by atoms with Gasteiger partial charge in [0.25, 0.3) is 0 Å². The minimum absolute atomic E-state index is 0.237. The molecule has 1 aliphatic rings. The summed E-state index contributed by atoms with van der Waals surface area (Å²) in [6.07, 6.45) is 23.5. The molecule has 1 fully saturated rings. The first-order valence-corrected chi connectivity index (χ1v) is 11.3. The van der Waals surface area contributed by atoms with Crippen LogP contribution in [0, 0.1) is 0 Å². The van der Waals surface area contributed by atoms with E-state index in [9.17, 15) is 9.90 Å². The van der Waals surface area contributed by atoms with Crippen molar-refractivity contribution in [3.8, 4) is 0 Å². The normalized spacial score (nSPS) is 17.9. The average molecular weight is 366 g/mol. The Kier molecular flexibility index (Phi) is 14.6. The molecule has 0 aliphatic carbocycles. The van der Waals surface area contributed by atoms with Gasteiger partial charge < -0.3 is 10.0 Å². The third-order valence-corrected chi connectivity index (χ3v) is 5.40. The number of β-amino-alcohol motifs (C(OH)–C–C–N with tert-alkyl or cyclic N) is 1. The van der Waals surface area contributed by atoms with Crippen LogP contribution in [0.1, 0.15) is 110 Å². The Morgan fingerprint density at radius 3 is 2.12 bits per heavy atom. The highest BCUT2D eigenvalue weighted by atomic mass is 16.3. The van der Waals surface area contributed by atoms with Gasteiger partial charge in [-0.05, 0) is 44.9 Å². The van der Waals surface area contributed by atoms with E-state index < -0.39 is 0 Å². The summed E-state index contributed by atoms with van der Waals surface area (Å²) in [5, 5.41) is 9.63. The number of aliphatic hydroxyl groups excluding tert-OH is 1. The fraction of sp³-hybridized carbons (Fsp3) is 0.870. The number of hydrogen-bond acceptors (Lipinski definition) is 2. The zero-order valence-electron chi connectivity index (χ0n) is 17.3. The number of rotatable bonds is 15. The number of allylic oxidation sites excluding steroid dienone is 2. The molecule has 1 atom stereocenters.